The van der Waals surface area contributed by atoms with Gasteiger partial charge < -0.3 is 9.84 Å². The monoisotopic (exact) mass is 531 g/mol. The number of aromatic hydroxyl groups is 1. The Morgan fingerprint density at radius 3 is 2.53 bits per heavy atom. The fourth-order valence-electron chi connectivity index (χ4n) is 3.45. The van der Waals surface area contributed by atoms with Crippen LogP contribution in [0.3, 0.4) is 0 Å². The zero-order valence-corrected chi connectivity index (χ0v) is 20.5. The van der Waals surface area contributed by atoms with E-state index < -0.39 is 0 Å². The number of carbonyl (C=O) groups excluding carboxylic acids is 1. The molecule has 3 aromatic rings. The lowest BCUT2D eigenvalue weighted by molar-refractivity contribution is -0.113. The maximum Gasteiger partial charge on any atom is 0.296 e. The lowest BCUT2D eigenvalue weighted by Crippen LogP contribution is -2.33. The number of hydrogen-bond donors (Lipinski definition) is 1. The number of halogens is 1. The smallest absolute Gasteiger partial charge is 0.296 e. The Labute approximate surface area is 202 Å². The number of thiocarbonyl (C=S) groups is 1. The summed E-state index contributed by atoms with van der Waals surface area (Å²) in [7, 11) is 3.21. The van der Waals surface area contributed by atoms with E-state index in [1.54, 1.807) is 30.8 Å². The van der Waals surface area contributed by atoms with Crippen LogP contribution in [-0.4, -0.2) is 31.8 Å². The molecular formula is C22H18BrN3O4S2. The molecule has 10 heteroatoms. The van der Waals surface area contributed by atoms with Crippen molar-refractivity contribution in [2.75, 3.05) is 12.0 Å². The summed E-state index contributed by atoms with van der Waals surface area (Å²) in [4.78, 5) is 28.3. The number of methoxy groups -OCH3 is 1. The van der Waals surface area contributed by atoms with Crippen molar-refractivity contribution >= 4 is 61.9 Å². The minimum Gasteiger partial charge on any atom is -0.504 e. The molecule has 0 bridgehead atoms. The van der Waals surface area contributed by atoms with E-state index in [4.69, 9.17) is 17.0 Å². The average Bonchev–Trinajstić information content (AvgIpc) is 3.15. The molecule has 164 valence electrons. The van der Waals surface area contributed by atoms with Gasteiger partial charge in [-0.1, -0.05) is 58.1 Å². The third-order valence-corrected chi connectivity index (χ3v) is 7.11. The highest BCUT2D eigenvalue weighted by atomic mass is 79.9. The van der Waals surface area contributed by atoms with Crippen LogP contribution in [0.5, 0.6) is 11.5 Å². The number of nitrogens with zero attached hydrogens (tertiary/aromatic N) is 3. The summed E-state index contributed by atoms with van der Waals surface area (Å²) in [6.07, 6.45) is 1.65. The number of carbonyl (C=O) groups is 1. The molecule has 1 N–H and O–H groups in total. The van der Waals surface area contributed by atoms with E-state index in [-0.39, 0.29) is 33.0 Å². The number of phenolic OH excluding ortho intramolecular Hbond substituents is 1. The molecule has 0 unspecified atom stereocenters. The molecule has 4 rings (SSSR count). The first kappa shape index (κ1) is 22.4. The molecule has 1 aliphatic rings. The van der Waals surface area contributed by atoms with Gasteiger partial charge in [-0.05, 0) is 42.8 Å². The van der Waals surface area contributed by atoms with E-state index in [1.807, 2.05) is 30.3 Å². The number of phenols is 1. The summed E-state index contributed by atoms with van der Waals surface area (Å²) in [6, 6.07) is 12.3. The Kier molecular flexibility index (Phi) is 6.02. The first-order chi connectivity index (χ1) is 15.2. The van der Waals surface area contributed by atoms with E-state index in [1.165, 1.54) is 22.8 Å². The zero-order chi connectivity index (χ0) is 23.2. The summed E-state index contributed by atoms with van der Waals surface area (Å²) in [5.74, 6) is -0.130. The van der Waals surface area contributed by atoms with Gasteiger partial charge in [-0.2, -0.15) is 0 Å². The van der Waals surface area contributed by atoms with Crippen LogP contribution in [0, 0.1) is 6.92 Å². The molecule has 1 aromatic heterocycles. The summed E-state index contributed by atoms with van der Waals surface area (Å²) in [5, 5.41) is 9.93. The topological polar surface area (TPSA) is 76.7 Å². The predicted molar refractivity (Wildman–Crippen MR) is 134 cm³/mol. The van der Waals surface area contributed by atoms with Gasteiger partial charge in [0.2, 0.25) is 0 Å². The summed E-state index contributed by atoms with van der Waals surface area (Å²) >= 11 is 9.98. The van der Waals surface area contributed by atoms with Crippen LogP contribution in [0.1, 0.15) is 11.3 Å². The minimum absolute atomic E-state index is 0.0227. The lowest BCUT2D eigenvalue weighted by Gasteiger charge is -2.12. The maximum absolute atomic E-state index is 13.3. The van der Waals surface area contributed by atoms with Crippen molar-refractivity contribution in [3.63, 3.8) is 0 Å². The summed E-state index contributed by atoms with van der Waals surface area (Å²) in [6.45, 7) is 1.78. The molecule has 1 fully saturated rings. The molecule has 0 aliphatic carbocycles. The van der Waals surface area contributed by atoms with Crippen LogP contribution in [0.15, 0.2) is 56.6 Å². The first-order valence-corrected chi connectivity index (χ1v) is 11.4. The third-order valence-electron chi connectivity index (χ3n) is 5.13. The van der Waals surface area contributed by atoms with Crippen LogP contribution >= 0.6 is 39.9 Å². The number of ether oxygens (including phenoxy) is 1. The number of rotatable bonds is 4. The van der Waals surface area contributed by atoms with Crippen LogP contribution in [0.4, 0.5) is 5.69 Å². The quantitative estimate of drug-likeness (QED) is 0.398. The second kappa shape index (κ2) is 8.61. The van der Waals surface area contributed by atoms with Crippen molar-refractivity contribution in [1.82, 2.24) is 9.36 Å². The van der Waals surface area contributed by atoms with Crippen molar-refractivity contribution in [3.8, 4) is 17.2 Å². The second-order valence-electron chi connectivity index (χ2n) is 6.97. The molecular weight excluding hydrogens is 514 g/mol. The van der Waals surface area contributed by atoms with Crippen LogP contribution in [0.25, 0.3) is 11.8 Å². The highest BCUT2D eigenvalue weighted by Gasteiger charge is 2.37. The van der Waals surface area contributed by atoms with E-state index in [0.29, 0.717) is 26.3 Å². The van der Waals surface area contributed by atoms with Gasteiger partial charge in [0.05, 0.1) is 23.4 Å². The van der Waals surface area contributed by atoms with Gasteiger partial charge >= 0.3 is 0 Å². The second-order valence-corrected chi connectivity index (χ2v) is 9.50. The number of hydrogen-bond acceptors (Lipinski definition) is 6. The Hall–Kier alpha value is -2.82. The molecule has 1 aliphatic heterocycles. The summed E-state index contributed by atoms with van der Waals surface area (Å²) in [5.41, 5.74) is 1.83. The molecule has 0 radical (unpaired) electrons. The summed E-state index contributed by atoms with van der Waals surface area (Å²) < 4.78 is 9.23. The van der Waals surface area contributed by atoms with E-state index >= 15 is 0 Å². The maximum atomic E-state index is 13.3. The van der Waals surface area contributed by atoms with E-state index in [9.17, 15) is 14.7 Å². The largest absolute Gasteiger partial charge is 0.504 e. The Morgan fingerprint density at radius 1 is 1.19 bits per heavy atom. The van der Waals surface area contributed by atoms with E-state index in [2.05, 4.69) is 15.9 Å². The van der Waals surface area contributed by atoms with Gasteiger partial charge in [-0.3, -0.25) is 19.2 Å². The molecule has 2 aromatic carbocycles. The number of aromatic nitrogens is 2. The Bertz CT molecular complexity index is 1350. The van der Waals surface area contributed by atoms with Gasteiger partial charge in [-0.25, -0.2) is 4.68 Å². The number of benzene rings is 2. The van der Waals surface area contributed by atoms with Crippen LogP contribution < -0.4 is 15.2 Å². The number of anilines is 1. The normalized spacial score (nSPS) is 15.1. The Morgan fingerprint density at radius 2 is 1.88 bits per heavy atom. The molecule has 1 amide bonds. The third kappa shape index (κ3) is 3.68. The van der Waals surface area contributed by atoms with Crippen molar-refractivity contribution in [3.05, 3.63) is 73.5 Å². The molecule has 32 heavy (non-hydrogen) atoms. The van der Waals surface area contributed by atoms with Gasteiger partial charge in [0.25, 0.3) is 11.5 Å². The van der Waals surface area contributed by atoms with Crippen molar-refractivity contribution < 1.29 is 14.6 Å². The van der Waals surface area contributed by atoms with Gasteiger partial charge in [0, 0.05) is 11.5 Å². The molecule has 0 saturated carbocycles. The minimum atomic E-state index is -0.384. The fraction of sp³-hybridized carbons (Fsp3) is 0.136. The zero-order valence-electron chi connectivity index (χ0n) is 17.3. The Balaban J connectivity index is 1.79. The van der Waals surface area contributed by atoms with Crippen molar-refractivity contribution in [2.45, 2.75) is 6.92 Å². The molecule has 0 spiro atoms. The van der Waals surface area contributed by atoms with Crippen LogP contribution in [-0.2, 0) is 11.8 Å². The number of thioether (sulfide) groups is 1. The molecule has 1 saturated heterocycles. The van der Waals surface area contributed by atoms with Crippen LogP contribution in [0.2, 0.25) is 0 Å². The van der Waals surface area contributed by atoms with Gasteiger partial charge in [-0.15, -0.1) is 0 Å². The molecule has 7 nitrogen and oxygen atoms in total. The van der Waals surface area contributed by atoms with Crippen molar-refractivity contribution in [1.29, 1.82) is 0 Å². The predicted octanol–water partition coefficient (Wildman–Crippen LogP) is 4.37. The number of amides is 1. The SMILES string of the molecule is COc1cc(C=C2SC(=S)N(c3c(C)n(C)n(-c4ccccc4)c3=O)C2=O)c(Br)cc1O. The van der Waals surface area contributed by atoms with E-state index in [0.717, 1.165) is 11.8 Å². The molecule has 2 heterocycles. The lowest BCUT2D eigenvalue weighted by atomic mass is 10.2. The average molecular weight is 532 g/mol. The van der Waals surface area contributed by atoms with Gasteiger partial charge in [0.15, 0.2) is 15.8 Å². The highest BCUT2D eigenvalue weighted by Crippen LogP contribution is 2.39. The highest BCUT2D eigenvalue weighted by molar-refractivity contribution is 9.10. The first-order valence-electron chi connectivity index (χ1n) is 9.43. The van der Waals surface area contributed by atoms with Crippen molar-refractivity contribution in [2.24, 2.45) is 7.05 Å². The number of para-hydroxylation sites is 1. The fourth-order valence-corrected chi connectivity index (χ4v) is 5.15. The standard InChI is InChI=1S/C22H18BrN3O4S2/c1-12-19(21(29)26(24(12)2)14-7-5-4-6-8-14)25-20(28)18(32-22(25)31)10-13-9-17(30-3)16(27)11-15(13)23/h4-11,27H,1-3H3. The van der Waals surface area contributed by atoms with Gasteiger partial charge in [0.1, 0.15) is 5.69 Å². The molecule has 0 atom stereocenters.